The van der Waals surface area contributed by atoms with Crippen molar-refractivity contribution in [2.75, 3.05) is 13.2 Å². The first kappa shape index (κ1) is 12.8. The van der Waals surface area contributed by atoms with Crippen LogP contribution in [0.5, 0.6) is 5.75 Å². The van der Waals surface area contributed by atoms with Crippen molar-refractivity contribution in [3.63, 3.8) is 0 Å². The van der Waals surface area contributed by atoms with E-state index >= 15 is 0 Å². The maximum atomic E-state index is 5.68. The Morgan fingerprint density at radius 2 is 2.17 bits per heavy atom. The van der Waals surface area contributed by atoms with E-state index < -0.39 is 0 Å². The van der Waals surface area contributed by atoms with E-state index in [-0.39, 0.29) is 0 Å². The molecule has 3 nitrogen and oxygen atoms in total. The Balaban J connectivity index is 1.88. The first-order valence-corrected chi connectivity index (χ1v) is 6.50. The molecule has 1 aromatic carbocycles. The zero-order valence-electron chi connectivity index (χ0n) is 11.0. The van der Waals surface area contributed by atoms with E-state index in [1.165, 1.54) is 0 Å². The molecule has 0 fully saturated rings. The zero-order valence-corrected chi connectivity index (χ0v) is 11.0. The Morgan fingerprint density at radius 3 is 3.00 bits per heavy atom. The molecular weight excluding hydrogens is 224 g/mol. The van der Waals surface area contributed by atoms with Crippen LogP contribution in [0.25, 0.3) is 10.9 Å². The summed E-state index contributed by atoms with van der Waals surface area (Å²) in [5, 5.41) is 4.51. The number of nitrogens with zero attached hydrogens (tertiary/aromatic N) is 1. The van der Waals surface area contributed by atoms with Crippen LogP contribution < -0.4 is 10.1 Å². The van der Waals surface area contributed by atoms with Crippen LogP contribution in [0.3, 0.4) is 0 Å². The number of nitrogens with one attached hydrogen (secondary N) is 1. The Kier molecular flexibility index (Phi) is 4.53. The molecule has 0 aliphatic heterocycles. The molecule has 0 spiro atoms. The van der Waals surface area contributed by atoms with Gasteiger partial charge in [0.2, 0.25) is 0 Å². The van der Waals surface area contributed by atoms with Gasteiger partial charge in [0.1, 0.15) is 12.4 Å². The van der Waals surface area contributed by atoms with Gasteiger partial charge < -0.3 is 10.1 Å². The van der Waals surface area contributed by atoms with E-state index in [1.807, 2.05) is 30.3 Å². The van der Waals surface area contributed by atoms with Gasteiger partial charge in [0.25, 0.3) is 0 Å². The second-order valence-corrected chi connectivity index (χ2v) is 4.48. The summed E-state index contributed by atoms with van der Waals surface area (Å²) in [6, 6.07) is 10.6. The fourth-order valence-corrected chi connectivity index (χ4v) is 1.75. The summed E-state index contributed by atoms with van der Waals surface area (Å²) in [6.45, 7) is 5.88. The predicted octanol–water partition coefficient (Wildman–Crippen LogP) is 3.00. The van der Waals surface area contributed by atoms with Crippen molar-refractivity contribution >= 4 is 10.9 Å². The summed E-state index contributed by atoms with van der Waals surface area (Å²) in [5.74, 6) is 0.833. The minimum Gasteiger partial charge on any atom is -0.491 e. The maximum Gasteiger partial charge on any atom is 0.138 e. The van der Waals surface area contributed by atoms with Crippen molar-refractivity contribution in [2.45, 2.75) is 26.3 Å². The lowest BCUT2D eigenvalue weighted by molar-refractivity contribution is 0.305. The predicted molar refractivity (Wildman–Crippen MR) is 75.0 cm³/mol. The van der Waals surface area contributed by atoms with Crippen LogP contribution in [0.2, 0.25) is 0 Å². The zero-order chi connectivity index (χ0) is 12.8. The lowest BCUT2D eigenvalue weighted by atomic mass is 10.2. The van der Waals surface area contributed by atoms with Crippen molar-refractivity contribution in [3.05, 3.63) is 36.5 Å². The summed E-state index contributed by atoms with van der Waals surface area (Å²) in [6.07, 6.45) is 2.92. The molecule has 0 aliphatic rings. The van der Waals surface area contributed by atoms with E-state index in [9.17, 15) is 0 Å². The molecule has 1 heterocycles. The highest BCUT2D eigenvalue weighted by atomic mass is 16.5. The molecule has 0 radical (unpaired) electrons. The monoisotopic (exact) mass is 244 g/mol. The number of hydrogen-bond donors (Lipinski definition) is 1. The molecule has 0 aliphatic carbocycles. The number of benzene rings is 1. The first-order valence-electron chi connectivity index (χ1n) is 6.50. The molecule has 18 heavy (non-hydrogen) atoms. The third-order valence-corrected chi connectivity index (χ3v) is 3.04. The molecule has 0 saturated carbocycles. The molecule has 2 aromatic rings. The lowest BCUT2D eigenvalue weighted by Crippen LogP contribution is -2.29. The van der Waals surface area contributed by atoms with Crippen molar-refractivity contribution in [2.24, 2.45) is 0 Å². The van der Waals surface area contributed by atoms with E-state index in [0.29, 0.717) is 12.6 Å². The summed E-state index contributed by atoms with van der Waals surface area (Å²) >= 11 is 0. The van der Waals surface area contributed by atoms with Crippen LogP contribution in [0.15, 0.2) is 36.5 Å². The maximum absolute atomic E-state index is 5.68. The van der Waals surface area contributed by atoms with E-state index in [0.717, 1.165) is 29.6 Å². The average molecular weight is 244 g/mol. The van der Waals surface area contributed by atoms with Gasteiger partial charge in [0.05, 0.1) is 11.7 Å². The van der Waals surface area contributed by atoms with Gasteiger partial charge in [-0.2, -0.15) is 0 Å². The number of hydrogen-bond acceptors (Lipinski definition) is 3. The van der Waals surface area contributed by atoms with E-state index in [2.05, 4.69) is 24.1 Å². The smallest absolute Gasteiger partial charge is 0.138 e. The van der Waals surface area contributed by atoms with Gasteiger partial charge in [-0.1, -0.05) is 25.1 Å². The van der Waals surface area contributed by atoms with Gasteiger partial charge in [0.15, 0.2) is 0 Å². The number of fused-ring (bicyclic) bond motifs is 1. The quantitative estimate of drug-likeness (QED) is 0.793. The second kappa shape index (κ2) is 6.36. The van der Waals surface area contributed by atoms with Crippen molar-refractivity contribution in [1.29, 1.82) is 0 Å². The Morgan fingerprint density at radius 1 is 1.33 bits per heavy atom. The molecule has 2 rings (SSSR count). The normalized spacial score (nSPS) is 12.6. The third-order valence-electron chi connectivity index (χ3n) is 3.04. The molecule has 0 saturated heterocycles. The number of rotatable bonds is 6. The highest BCUT2D eigenvalue weighted by Gasteiger charge is 1.99. The Labute approximate surface area is 108 Å². The Hall–Kier alpha value is -1.61. The van der Waals surface area contributed by atoms with Gasteiger partial charge in [-0.25, -0.2) is 0 Å². The van der Waals surface area contributed by atoms with Crippen LogP contribution >= 0.6 is 0 Å². The van der Waals surface area contributed by atoms with Crippen LogP contribution in [-0.4, -0.2) is 24.2 Å². The minimum absolute atomic E-state index is 0.545. The van der Waals surface area contributed by atoms with Crippen LogP contribution in [-0.2, 0) is 0 Å². The summed E-state index contributed by atoms with van der Waals surface area (Å²) < 4.78 is 5.68. The first-order chi connectivity index (χ1) is 8.79. The molecule has 1 atom stereocenters. The number of para-hydroxylation sites is 1. The third kappa shape index (κ3) is 3.44. The Bertz CT molecular complexity index is 499. The summed E-state index contributed by atoms with van der Waals surface area (Å²) in [4.78, 5) is 4.37. The van der Waals surface area contributed by atoms with Crippen molar-refractivity contribution in [3.8, 4) is 5.75 Å². The van der Waals surface area contributed by atoms with Gasteiger partial charge in [-0.05, 0) is 25.5 Å². The fraction of sp³-hybridized carbons (Fsp3) is 0.400. The molecule has 1 N–H and O–H groups in total. The molecule has 96 valence electrons. The SMILES string of the molecule is CCC(C)NCCOc1cnc2ccccc2c1. The molecule has 3 heteroatoms. The van der Waals surface area contributed by atoms with Gasteiger partial charge >= 0.3 is 0 Å². The second-order valence-electron chi connectivity index (χ2n) is 4.48. The van der Waals surface area contributed by atoms with Crippen molar-refractivity contribution in [1.82, 2.24) is 10.3 Å². The van der Waals surface area contributed by atoms with Gasteiger partial charge in [0, 0.05) is 18.0 Å². The largest absolute Gasteiger partial charge is 0.491 e. The number of pyridine rings is 1. The molecule has 1 unspecified atom stereocenters. The average Bonchev–Trinajstić information content (AvgIpc) is 2.43. The van der Waals surface area contributed by atoms with E-state index in [1.54, 1.807) is 6.20 Å². The topological polar surface area (TPSA) is 34.1 Å². The summed E-state index contributed by atoms with van der Waals surface area (Å²) in [7, 11) is 0. The van der Waals surface area contributed by atoms with Crippen LogP contribution in [0, 0.1) is 0 Å². The van der Waals surface area contributed by atoms with Gasteiger partial charge in [-0.3, -0.25) is 4.98 Å². The minimum atomic E-state index is 0.545. The van der Waals surface area contributed by atoms with Crippen molar-refractivity contribution < 1.29 is 4.74 Å². The number of ether oxygens (including phenoxy) is 1. The molecule has 1 aromatic heterocycles. The lowest BCUT2D eigenvalue weighted by Gasteiger charge is -2.12. The standard InChI is InChI=1S/C15H20N2O/c1-3-12(2)16-8-9-18-14-10-13-6-4-5-7-15(13)17-11-14/h4-7,10-12,16H,3,8-9H2,1-2H3. The van der Waals surface area contributed by atoms with Crippen LogP contribution in [0.4, 0.5) is 0 Å². The highest BCUT2D eigenvalue weighted by Crippen LogP contribution is 2.17. The fourth-order valence-electron chi connectivity index (χ4n) is 1.75. The molecule has 0 amide bonds. The molecular formula is C15H20N2O. The highest BCUT2D eigenvalue weighted by molar-refractivity contribution is 5.79. The number of aromatic nitrogens is 1. The van der Waals surface area contributed by atoms with Gasteiger partial charge in [-0.15, -0.1) is 0 Å². The molecule has 0 bridgehead atoms. The summed E-state index contributed by atoms with van der Waals surface area (Å²) in [5.41, 5.74) is 1.00. The van der Waals surface area contributed by atoms with E-state index in [4.69, 9.17) is 4.74 Å². The van der Waals surface area contributed by atoms with Crippen LogP contribution in [0.1, 0.15) is 20.3 Å².